The Morgan fingerprint density at radius 2 is 1.96 bits per heavy atom. The van der Waals surface area contributed by atoms with Crippen molar-refractivity contribution >= 4 is 11.7 Å². The van der Waals surface area contributed by atoms with Crippen molar-refractivity contribution in [2.75, 3.05) is 24.5 Å². The number of aromatic nitrogens is 3. The number of pyridine rings is 1. The van der Waals surface area contributed by atoms with Gasteiger partial charge in [-0.3, -0.25) is 14.9 Å². The number of halogens is 1. The molecule has 1 aromatic carbocycles. The van der Waals surface area contributed by atoms with Gasteiger partial charge in [0.15, 0.2) is 5.82 Å². The number of carbonyl (C=O) groups is 1. The molecule has 1 amide bonds. The molecule has 2 N–H and O–H groups in total. The summed E-state index contributed by atoms with van der Waals surface area (Å²) in [6.07, 6.45) is 5.47. The molecule has 0 radical (unpaired) electrons. The minimum atomic E-state index is -0.397. The fourth-order valence-corrected chi connectivity index (χ4v) is 3.49. The molecule has 4 rings (SSSR count). The van der Waals surface area contributed by atoms with Gasteiger partial charge in [0.25, 0.3) is 5.91 Å². The molecular weight excluding hydrogens is 357 g/mol. The van der Waals surface area contributed by atoms with Gasteiger partial charge in [0.05, 0.1) is 5.69 Å². The molecule has 6 nitrogen and oxygen atoms in total. The van der Waals surface area contributed by atoms with E-state index >= 15 is 0 Å². The van der Waals surface area contributed by atoms with Crippen molar-refractivity contribution in [1.29, 1.82) is 0 Å². The summed E-state index contributed by atoms with van der Waals surface area (Å²) in [5.74, 6) is 0.726. The first-order valence-electron chi connectivity index (χ1n) is 9.43. The SMILES string of the molecule is O=C(NCC1CCN(c2cc(-c3ccncc3)[nH]n2)CC1)c1cccc(F)c1. The average molecular weight is 379 g/mol. The Kier molecular flexibility index (Phi) is 5.32. The molecule has 1 fully saturated rings. The lowest BCUT2D eigenvalue weighted by molar-refractivity contribution is 0.0944. The Balaban J connectivity index is 1.28. The number of nitrogens with zero attached hydrogens (tertiary/aromatic N) is 3. The summed E-state index contributed by atoms with van der Waals surface area (Å²) in [4.78, 5) is 18.4. The average Bonchev–Trinajstić information content (AvgIpc) is 3.23. The molecule has 3 heterocycles. The number of H-pyrrole nitrogens is 1. The highest BCUT2D eigenvalue weighted by Gasteiger charge is 2.22. The number of rotatable bonds is 5. The fourth-order valence-electron chi connectivity index (χ4n) is 3.49. The van der Waals surface area contributed by atoms with Crippen molar-refractivity contribution in [3.63, 3.8) is 0 Å². The van der Waals surface area contributed by atoms with Gasteiger partial charge in [-0.1, -0.05) is 6.07 Å². The predicted octanol–water partition coefficient (Wildman–Crippen LogP) is 3.26. The van der Waals surface area contributed by atoms with Crippen molar-refractivity contribution < 1.29 is 9.18 Å². The highest BCUT2D eigenvalue weighted by molar-refractivity contribution is 5.94. The van der Waals surface area contributed by atoms with Crippen molar-refractivity contribution in [2.24, 2.45) is 5.92 Å². The van der Waals surface area contributed by atoms with Crippen LogP contribution in [-0.4, -0.2) is 40.7 Å². The molecule has 1 saturated heterocycles. The molecule has 1 aliphatic rings. The van der Waals surface area contributed by atoms with Crippen molar-refractivity contribution in [3.05, 3.63) is 66.2 Å². The van der Waals surface area contributed by atoms with E-state index in [1.54, 1.807) is 24.5 Å². The quantitative estimate of drug-likeness (QED) is 0.714. The van der Waals surface area contributed by atoms with E-state index < -0.39 is 5.82 Å². The van der Waals surface area contributed by atoms with Crippen LogP contribution in [0.4, 0.5) is 10.2 Å². The first-order valence-corrected chi connectivity index (χ1v) is 9.43. The minimum Gasteiger partial charge on any atom is -0.355 e. The lowest BCUT2D eigenvalue weighted by atomic mass is 9.96. The maximum Gasteiger partial charge on any atom is 0.251 e. The molecule has 0 saturated carbocycles. The van der Waals surface area contributed by atoms with Gasteiger partial charge in [-0.25, -0.2) is 4.39 Å². The molecule has 28 heavy (non-hydrogen) atoms. The lowest BCUT2D eigenvalue weighted by Crippen LogP contribution is -2.38. The number of amides is 1. The molecule has 0 atom stereocenters. The van der Waals surface area contributed by atoms with Crippen LogP contribution in [0.15, 0.2) is 54.9 Å². The van der Waals surface area contributed by atoms with Gasteiger partial charge in [-0.15, -0.1) is 0 Å². The smallest absolute Gasteiger partial charge is 0.251 e. The number of nitrogens with one attached hydrogen (secondary N) is 2. The Morgan fingerprint density at radius 3 is 2.71 bits per heavy atom. The van der Waals surface area contributed by atoms with Gasteiger partial charge in [0.1, 0.15) is 5.82 Å². The second-order valence-electron chi connectivity index (χ2n) is 7.03. The number of aromatic amines is 1. The molecule has 144 valence electrons. The Bertz CT molecular complexity index is 935. The van der Waals surface area contributed by atoms with Gasteiger partial charge < -0.3 is 10.2 Å². The second-order valence-corrected chi connectivity index (χ2v) is 7.03. The van der Waals surface area contributed by atoms with Crippen LogP contribution in [0.1, 0.15) is 23.2 Å². The summed E-state index contributed by atoms with van der Waals surface area (Å²) in [6.45, 7) is 2.38. The number of carbonyl (C=O) groups excluding carboxylic acids is 1. The summed E-state index contributed by atoms with van der Waals surface area (Å²) >= 11 is 0. The summed E-state index contributed by atoms with van der Waals surface area (Å²) in [6, 6.07) is 11.7. The highest BCUT2D eigenvalue weighted by Crippen LogP contribution is 2.25. The molecule has 0 aliphatic carbocycles. The summed E-state index contributed by atoms with van der Waals surface area (Å²) in [7, 11) is 0. The predicted molar refractivity (Wildman–Crippen MR) is 105 cm³/mol. The Labute approximate surface area is 162 Å². The molecule has 0 unspecified atom stereocenters. The number of anilines is 1. The first kappa shape index (κ1) is 18.2. The maximum atomic E-state index is 13.2. The second kappa shape index (κ2) is 8.21. The van der Waals surface area contributed by atoms with Crippen LogP contribution >= 0.6 is 0 Å². The fraction of sp³-hybridized carbons (Fsp3) is 0.286. The van der Waals surface area contributed by atoms with Crippen molar-refractivity contribution in [2.45, 2.75) is 12.8 Å². The Morgan fingerprint density at radius 1 is 1.18 bits per heavy atom. The zero-order chi connectivity index (χ0) is 19.3. The zero-order valence-electron chi connectivity index (χ0n) is 15.4. The lowest BCUT2D eigenvalue weighted by Gasteiger charge is -2.32. The third kappa shape index (κ3) is 4.19. The van der Waals surface area contributed by atoms with Crippen molar-refractivity contribution in [3.8, 4) is 11.3 Å². The van der Waals surface area contributed by atoms with Crippen LogP contribution in [0, 0.1) is 11.7 Å². The van der Waals surface area contributed by atoms with E-state index in [-0.39, 0.29) is 5.91 Å². The normalized spacial score (nSPS) is 14.8. The largest absolute Gasteiger partial charge is 0.355 e. The van der Waals surface area contributed by atoms with E-state index in [4.69, 9.17) is 0 Å². The first-order chi connectivity index (χ1) is 13.7. The van der Waals surface area contributed by atoms with E-state index in [0.717, 1.165) is 43.0 Å². The van der Waals surface area contributed by atoms with E-state index in [2.05, 4.69) is 31.5 Å². The zero-order valence-corrected chi connectivity index (χ0v) is 15.4. The highest BCUT2D eigenvalue weighted by atomic mass is 19.1. The molecule has 1 aliphatic heterocycles. The number of hydrogen-bond acceptors (Lipinski definition) is 4. The van der Waals surface area contributed by atoms with E-state index in [9.17, 15) is 9.18 Å². The van der Waals surface area contributed by atoms with Crippen LogP contribution in [0.3, 0.4) is 0 Å². The summed E-state index contributed by atoms with van der Waals surface area (Å²) in [5.41, 5.74) is 2.39. The van der Waals surface area contributed by atoms with Crippen LogP contribution < -0.4 is 10.2 Å². The maximum absolute atomic E-state index is 13.2. The summed E-state index contributed by atoms with van der Waals surface area (Å²) < 4.78 is 13.2. The molecule has 3 aromatic rings. The Hall–Kier alpha value is -3.22. The third-order valence-electron chi connectivity index (χ3n) is 5.13. The standard InChI is InChI=1S/C21H22FN5O/c22-18-3-1-2-17(12-18)21(28)24-14-15-6-10-27(11-7-15)20-13-19(25-26-20)16-4-8-23-9-5-16/h1-5,8-9,12-13,15H,6-7,10-11,14H2,(H,24,28)(H,25,26). The molecule has 2 aromatic heterocycles. The van der Waals surface area contributed by atoms with Crippen LogP contribution in [0.2, 0.25) is 0 Å². The number of piperidine rings is 1. The van der Waals surface area contributed by atoms with E-state index in [0.29, 0.717) is 18.0 Å². The summed E-state index contributed by atoms with van der Waals surface area (Å²) in [5, 5.41) is 10.4. The van der Waals surface area contributed by atoms with Gasteiger partial charge >= 0.3 is 0 Å². The number of benzene rings is 1. The molecule has 7 heteroatoms. The topological polar surface area (TPSA) is 73.9 Å². The van der Waals surface area contributed by atoms with Gasteiger partial charge in [0.2, 0.25) is 0 Å². The molecule has 0 spiro atoms. The van der Waals surface area contributed by atoms with Gasteiger partial charge in [-0.05, 0) is 49.1 Å². The van der Waals surface area contributed by atoms with E-state index in [1.165, 1.54) is 12.1 Å². The van der Waals surface area contributed by atoms with Gasteiger partial charge in [0, 0.05) is 49.2 Å². The van der Waals surface area contributed by atoms with Crippen molar-refractivity contribution in [1.82, 2.24) is 20.5 Å². The van der Waals surface area contributed by atoms with E-state index in [1.807, 2.05) is 12.1 Å². The third-order valence-corrected chi connectivity index (χ3v) is 5.13. The molecule has 0 bridgehead atoms. The van der Waals surface area contributed by atoms with Gasteiger partial charge in [-0.2, -0.15) is 5.10 Å². The van der Waals surface area contributed by atoms with Crippen LogP contribution in [0.25, 0.3) is 11.3 Å². The van der Waals surface area contributed by atoms with Crippen LogP contribution in [0.5, 0.6) is 0 Å². The van der Waals surface area contributed by atoms with Crippen LogP contribution in [-0.2, 0) is 0 Å². The molecular formula is C21H22FN5O. The number of hydrogen-bond donors (Lipinski definition) is 2. The minimum absolute atomic E-state index is 0.226. The monoisotopic (exact) mass is 379 g/mol.